The van der Waals surface area contributed by atoms with Crippen LogP contribution in [0.5, 0.6) is 0 Å². The Bertz CT molecular complexity index is 2570. The van der Waals surface area contributed by atoms with Crippen molar-refractivity contribution >= 4 is 46.6 Å². The van der Waals surface area contributed by atoms with E-state index in [2.05, 4.69) is 156 Å². The van der Waals surface area contributed by atoms with Gasteiger partial charge in [0.1, 0.15) is 0 Å². The summed E-state index contributed by atoms with van der Waals surface area (Å²) < 4.78 is 3.74. The number of fused-ring (bicyclic) bond motifs is 5. The minimum absolute atomic E-state index is 0.606. The van der Waals surface area contributed by atoms with Gasteiger partial charge >= 0.3 is 162 Å². The summed E-state index contributed by atoms with van der Waals surface area (Å²) in [6, 6.07) is 57.6. The summed E-state index contributed by atoms with van der Waals surface area (Å²) in [7, 11) is 0. The van der Waals surface area contributed by atoms with Crippen molar-refractivity contribution in [3.05, 3.63) is 164 Å². The van der Waals surface area contributed by atoms with Crippen molar-refractivity contribution < 1.29 is 26.1 Å². The average molecular weight is 772 g/mol. The van der Waals surface area contributed by atoms with E-state index < -0.39 is 0 Å². The molecule has 0 saturated carbocycles. The van der Waals surface area contributed by atoms with Crippen molar-refractivity contribution in [1.29, 1.82) is 0 Å². The molecule has 7 aromatic carbocycles. The molecular weight excluding hydrogens is 745 g/mol. The normalized spacial score (nSPS) is 11.6. The van der Waals surface area contributed by atoms with Crippen LogP contribution in [0.25, 0.3) is 82.5 Å². The topological polar surface area (TPSA) is 17.8 Å². The number of hydrogen-bond donors (Lipinski definition) is 0. The van der Waals surface area contributed by atoms with Gasteiger partial charge in [0.05, 0.1) is 0 Å². The van der Waals surface area contributed by atoms with Crippen LogP contribution in [0.2, 0.25) is 0 Å². The van der Waals surface area contributed by atoms with E-state index in [0.717, 1.165) is 11.3 Å². The number of rotatable bonds is 4. The molecular formula is C43H27HgN2. The fourth-order valence-electron chi connectivity index (χ4n) is 7.12. The molecule has 2 nitrogen and oxygen atoms in total. The van der Waals surface area contributed by atoms with E-state index in [9.17, 15) is 0 Å². The Hall–Kier alpha value is -5.05. The third kappa shape index (κ3) is 4.40. The molecule has 0 fully saturated rings. The Morgan fingerprint density at radius 1 is 0.413 bits per heavy atom. The first-order chi connectivity index (χ1) is 22.7. The zero-order valence-electron chi connectivity index (χ0n) is 25.2. The van der Waals surface area contributed by atoms with Crippen molar-refractivity contribution in [1.82, 2.24) is 9.55 Å². The molecule has 0 saturated heterocycles. The van der Waals surface area contributed by atoms with Crippen LogP contribution in [0.15, 0.2) is 164 Å². The third-order valence-electron chi connectivity index (χ3n) is 9.20. The van der Waals surface area contributed by atoms with E-state index in [4.69, 9.17) is 4.98 Å². The van der Waals surface area contributed by atoms with Crippen LogP contribution < -0.4 is 3.07 Å². The Morgan fingerprint density at radius 3 is 1.63 bits per heavy atom. The number of pyridine rings is 1. The third-order valence-corrected chi connectivity index (χ3v) is 11.0. The van der Waals surface area contributed by atoms with Crippen molar-refractivity contribution in [3.63, 3.8) is 0 Å². The SMILES string of the molecule is [Hg][c]1ccc(-n2c3ccc(-c4ccc5c(-c6ccccc6)c6ccccc6c(-c6ccccc6)c5c4)cc3c3cccnc32)cc1. The van der Waals surface area contributed by atoms with E-state index >= 15 is 0 Å². The first-order valence-corrected chi connectivity index (χ1v) is 18.4. The number of nitrogens with zero attached hydrogens (tertiary/aromatic N) is 2. The second-order valence-electron chi connectivity index (χ2n) is 11.9. The molecule has 0 N–H and O–H groups in total. The number of hydrogen-bond acceptors (Lipinski definition) is 1. The second kappa shape index (κ2) is 11.1. The standard InChI is InChI=1S/C43H27N2.Hg/c1-4-13-29(14-5-1)41-34-19-10-11-20-35(34)42(30-15-6-2-7-16-30)39-28-31(22-24-36(39)41)32-23-25-40-38(27-32)37-21-12-26-44-43(37)45(40)33-17-8-3-9-18-33;/h1-2,4-28H;. The molecule has 2 aromatic heterocycles. The quantitative estimate of drug-likeness (QED) is 0.129. The number of aromatic nitrogens is 2. The summed E-state index contributed by atoms with van der Waals surface area (Å²) in [5.74, 6) is 0. The van der Waals surface area contributed by atoms with Gasteiger partial charge in [-0.25, -0.2) is 0 Å². The van der Waals surface area contributed by atoms with Gasteiger partial charge in [0.2, 0.25) is 0 Å². The molecule has 9 aromatic rings. The van der Waals surface area contributed by atoms with Gasteiger partial charge in [0, 0.05) is 0 Å². The molecule has 0 radical (unpaired) electrons. The van der Waals surface area contributed by atoms with Gasteiger partial charge in [0.15, 0.2) is 0 Å². The fraction of sp³-hybridized carbons (Fsp3) is 0. The van der Waals surface area contributed by atoms with Crippen molar-refractivity contribution in [2.45, 2.75) is 0 Å². The zero-order chi connectivity index (χ0) is 30.6. The first kappa shape index (κ1) is 27.3. The Balaban J connectivity index is 1.33. The Kier molecular flexibility index (Phi) is 6.57. The molecule has 0 spiro atoms. The van der Waals surface area contributed by atoms with Gasteiger partial charge in [-0.05, 0) is 38.4 Å². The molecule has 0 aliphatic heterocycles. The molecule has 0 aliphatic rings. The van der Waals surface area contributed by atoms with Crippen molar-refractivity contribution in [3.8, 4) is 39.1 Å². The van der Waals surface area contributed by atoms with Crippen molar-refractivity contribution in [2.75, 3.05) is 0 Å². The Morgan fingerprint density at radius 2 is 0.957 bits per heavy atom. The molecule has 0 unspecified atom stereocenters. The molecule has 46 heavy (non-hydrogen) atoms. The Labute approximate surface area is 283 Å². The van der Waals surface area contributed by atoms with E-state index in [-0.39, 0.29) is 0 Å². The van der Waals surface area contributed by atoms with Crippen LogP contribution in [0.4, 0.5) is 0 Å². The van der Waals surface area contributed by atoms with Crippen LogP contribution in [-0.4, -0.2) is 9.55 Å². The van der Waals surface area contributed by atoms with Crippen LogP contribution in [0.3, 0.4) is 0 Å². The summed E-state index contributed by atoms with van der Waals surface area (Å²) in [4.78, 5) is 4.85. The van der Waals surface area contributed by atoms with E-state index in [0.29, 0.717) is 26.1 Å². The van der Waals surface area contributed by atoms with E-state index in [1.807, 2.05) is 12.3 Å². The monoisotopic (exact) mass is 773 g/mol. The fourth-order valence-corrected chi connectivity index (χ4v) is 8.04. The number of benzene rings is 7. The molecule has 0 bridgehead atoms. The predicted octanol–water partition coefficient (Wildman–Crippen LogP) is 10.7. The summed E-state index contributed by atoms with van der Waals surface area (Å²) in [6.07, 6.45) is 1.89. The molecule has 2 heterocycles. The first-order valence-electron chi connectivity index (χ1n) is 15.7. The average Bonchev–Trinajstić information content (AvgIpc) is 3.45. The second-order valence-corrected chi connectivity index (χ2v) is 15.1. The predicted molar refractivity (Wildman–Crippen MR) is 190 cm³/mol. The minimum atomic E-state index is 0.606. The zero-order valence-corrected chi connectivity index (χ0v) is 30.7. The van der Waals surface area contributed by atoms with Gasteiger partial charge in [-0.1, -0.05) is 84.9 Å². The molecule has 3 heteroatoms. The van der Waals surface area contributed by atoms with Crippen LogP contribution in [0, 0.1) is 0 Å². The van der Waals surface area contributed by atoms with E-state index in [1.54, 1.807) is 0 Å². The molecule has 9 rings (SSSR count). The molecule has 0 amide bonds. The molecule has 0 aliphatic carbocycles. The van der Waals surface area contributed by atoms with Gasteiger partial charge in [0.25, 0.3) is 0 Å². The maximum absolute atomic E-state index is 4.85. The summed E-state index contributed by atoms with van der Waals surface area (Å²) >= 11 is 0.606. The van der Waals surface area contributed by atoms with Gasteiger partial charge in [-0.2, -0.15) is 0 Å². The maximum atomic E-state index is 4.85. The van der Waals surface area contributed by atoms with Gasteiger partial charge in [-0.3, -0.25) is 0 Å². The van der Waals surface area contributed by atoms with Crippen molar-refractivity contribution in [2.24, 2.45) is 0 Å². The van der Waals surface area contributed by atoms with Crippen LogP contribution in [-0.2, 0) is 26.1 Å². The molecule has 0 atom stereocenters. The van der Waals surface area contributed by atoms with Crippen LogP contribution in [0.1, 0.15) is 0 Å². The van der Waals surface area contributed by atoms with E-state index in [1.165, 1.54) is 74.3 Å². The van der Waals surface area contributed by atoms with Gasteiger partial charge < -0.3 is 0 Å². The van der Waals surface area contributed by atoms with Crippen LogP contribution >= 0.6 is 0 Å². The van der Waals surface area contributed by atoms with Gasteiger partial charge in [-0.15, -0.1) is 0 Å². The summed E-state index contributed by atoms with van der Waals surface area (Å²) in [5, 5.41) is 7.44. The summed E-state index contributed by atoms with van der Waals surface area (Å²) in [5.41, 5.74) is 10.7. The summed E-state index contributed by atoms with van der Waals surface area (Å²) in [6.45, 7) is 0. The molecule has 211 valence electrons.